The first-order valence-corrected chi connectivity index (χ1v) is 4.14. The first-order valence-electron chi connectivity index (χ1n) is 3.06. The molecule has 0 aliphatic heterocycles. The van der Waals surface area contributed by atoms with Crippen molar-refractivity contribution < 1.29 is 4.39 Å². The van der Waals surface area contributed by atoms with E-state index in [9.17, 15) is 4.39 Å². The van der Waals surface area contributed by atoms with Crippen molar-refractivity contribution >= 4 is 28.2 Å². The van der Waals surface area contributed by atoms with Crippen molar-refractivity contribution in [2.45, 2.75) is 0 Å². The van der Waals surface area contributed by atoms with E-state index in [4.69, 9.17) is 0 Å². The molecule has 2 aromatic rings. The van der Waals surface area contributed by atoms with E-state index in [2.05, 4.69) is 27.6 Å². The maximum Gasteiger partial charge on any atom is 0.173 e. The number of rotatable bonds is 0. The summed E-state index contributed by atoms with van der Waals surface area (Å²) in [4.78, 5) is 3.90. The summed E-state index contributed by atoms with van der Waals surface area (Å²) in [6, 6.07) is 3.06. The summed E-state index contributed by atoms with van der Waals surface area (Å²) >= 11 is 2.10. The van der Waals surface area contributed by atoms with Gasteiger partial charge >= 0.3 is 0 Å². The van der Waals surface area contributed by atoms with Crippen LogP contribution in [0.25, 0.3) is 5.65 Å². The zero-order valence-electron chi connectivity index (χ0n) is 5.46. The average molecular weight is 262 g/mol. The molecule has 0 N–H and O–H groups in total. The van der Waals surface area contributed by atoms with Crippen molar-refractivity contribution in [1.82, 2.24) is 9.38 Å². The Morgan fingerprint density at radius 3 is 3.09 bits per heavy atom. The number of hydrogen-bond donors (Lipinski definition) is 0. The van der Waals surface area contributed by atoms with Gasteiger partial charge < -0.3 is 0 Å². The molecule has 0 saturated heterocycles. The van der Waals surface area contributed by atoms with Crippen LogP contribution in [0.15, 0.2) is 24.5 Å². The van der Waals surface area contributed by atoms with Crippen LogP contribution in [-0.2, 0) is 0 Å². The van der Waals surface area contributed by atoms with Crippen molar-refractivity contribution in [1.29, 1.82) is 0 Å². The van der Waals surface area contributed by atoms with Gasteiger partial charge in [-0.15, -0.1) is 0 Å². The molecule has 56 valence electrons. The quantitative estimate of drug-likeness (QED) is 0.664. The molecule has 4 heteroatoms. The summed E-state index contributed by atoms with van der Waals surface area (Å²) in [7, 11) is 0. The zero-order valence-corrected chi connectivity index (χ0v) is 7.62. The Morgan fingerprint density at radius 1 is 1.55 bits per heavy atom. The van der Waals surface area contributed by atoms with E-state index < -0.39 is 0 Å². The molecule has 2 heterocycles. The highest BCUT2D eigenvalue weighted by molar-refractivity contribution is 14.1. The monoisotopic (exact) mass is 262 g/mol. The van der Waals surface area contributed by atoms with Crippen LogP contribution in [-0.4, -0.2) is 9.38 Å². The molecule has 2 rings (SSSR count). The summed E-state index contributed by atoms with van der Waals surface area (Å²) in [6.45, 7) is 0. The smallest absolute Gasteiger partial charge is 0.173 e. The minimum atomic E-state index is -0.282. The standard InChI is InChI=1S/C7H4FIN2/c8-5-2-1-3-11-6(9)4-10-7(5)11/h1-4H. The Kier molecular flexibility index (Phi) is 1.56. The third-order valence-electron chi connectivity index (χ3n) is 1.44. The van der Waals surface area contributed by atoms with E-state index in [-0.39, 0.29) is 5.82 Å². The molecule has 0 spiro atoms. The Bertz CT molecular complexity index is 396. The molecule has 2 nitrogen and oxygen atoms in total. The fraction of sp³-hybridized carbons (Fsp3) is 0. The number of halogens is 2. The fourth-order valence-corrected chi connectivity index (χ4v) is 1.48. The van der Waals surface area contributed by atoms with Gasteiger partial charge in [0.2, 0.25) is 0 Å². The molecule has 0 fully saturated rings. The zero-order chi connectivity index (χ0) is 7.84. The molecule has 0 amide bonds. The van der Waals surface area contributed by atoms with E-state index in [0.29, 0.717) is 5.65 Å². The van der Waals surface area contributed by atoms with Gasteiger partial charge in [0.25, 0.3) is 0 Å². The van der Waals surface area contributed by atoms with Gasteiger partial charge in [0, 0.05) is 6.20 Å². The first-order chi connectivity index (χ1) is 5.29. The third kappa shape index (κ3) is 1.01. The second-order valence-corrected chi connectivity index (χ2v) is 3.24. The van der Waals surface area contributed by atoms with Gasteiger partial charge in [0.15, 0.2) is 11.5 Å². The molecular weight excluding hydrogens is 258 g/mol. The van der Waals surface area contributed by atoms with E-state index in [1.54, 1.807) is 22.9 Å². The van der Waals surface area contributed by atoms with Gasteiger partial charge in [-0.1, -0.05) is 0 Å². The molecule has 0 aliphatic rings. The molecular formula is C7H4FIN2. The van der Waals surface area contributed by atoms with Crippen LogP contribution in [0.4, 0.5) is 4.39 Å². The first kappa shape index (κ1) is 7.02. The lowest BCUT2D eigenvalue weighted by Crippen LogP contribution is -1.88. The van der Waals surface area contributed by atoms with Crippen LogP contribution in [0.2, 0.25) is 0 Å². The van der Waals surface area contributed by atoms with Crippen molar-refractivity contribution in [2.24, 2.45) is 0 Å². The van der Waals surface area contributed by atoms with Crippen molar-refractivity contribution in [3.05, 3.63) is 34.0 Å². The maximum atomic E-state index is 12.9. The van der Waals surface area contributed by atoms with Gasteiger partial charge in [0.05, 0.1) is 6.20 Å². The van der Waals surface area contributed by atoms with Crippen molar-refractivity contribution in [2.75, 3.05) is 0 Å². The van der Waals surface area contributed by atoms with Crippen LogP contribution < -0.4 is 0 Å². The number of fused-ring (bicyclic) bond motifs is 1. The number of imidazole rings is 1. The van der Waals surface area contributed by atoms with Crippen LogP contribution in [0.3, 0.4) is 0 Å². The van der Waals surface area contributed by atoms with Crippen LogP contribution >= 0.6 is 22.6 Å². The van der Waals surface area contributed by atoms with E-state index in [1.165, 1.54) is 6.07 Å². The van der Waals surface area contributed by atoms with Crippen LogP contribution in [0.5, 0.6) is 0 Å². The highest BCUT2D eigenvalue weighted by atomic mass is 127. The summed E-state index contributed by atoms with van der Waals surface area (Å²) in [5.41, 5.74) is 0.386. The summed E-state index contributed by atoms with van der Waals surface area (Å²) in [6.07, 6.45) is 3.42. The van der Waals surface area contributed by atoms with Gasteiger partial charge in [-0.3, -0.25) is 4.40 Å². The third-order valence-corrected chi connectivity index (χ3v) is 2.24. The molecule has 0 radical (unpaired) electrons. The van der Waals surface area contributed by atoms with Gasteiger partial charge in [-0.05, 0) is 34.7 Å². The highest BCUT2D eigenvalue weighted by Gasteiger charge is 2.02. The molecule has 0 saturated carbocycles. The number of hydrogen-bond acceptors (Lipinski definition) is 1. The largest absolute Gasteiger partial charge is 0.292 e. The molecule has 0 atom stereocenters. The second-order valence-electron chi connectivity index (χ2n) is 2.13. The SMILES string of the molecule is Fc1cccn2c(I)cnc12. The highest BCUT2D eigenvalue weighted by Crippen LogP contribution is 2.11. The molecule has 2 aromatic heterocycles. The summed E-state index contributed by atoms with van der Waals surface area (Å²) in [5.74, 6) is -0.282. The molecule has 0 unspecified atom stereocenters. The lowest BCUT2D eigenvalue weighted by Gasteiger charge is -1.93. The topological polar surface area (TPSA) is 17.3 Å². The van der Waals surface area contributed by atoms with Gasteiger partial charge in [0.1, 0.15) is 3.70 Å². The lowest BCUT2D eigenvalue weighted by atomic mass is 10.4. The maximum absolute atomic E-state index is 12.9. The Morgan fingerprint density at radius 2 is 2.36 bits per heavy atom. The normalized spacial score (nSPS) is 10.7. The van der Waals surface area contributed by atoms with Gasteiger partial charge in [-0.25, -0.2) is 9.37 Å². The fourth-order valence-electron chi connectivity index (χ4n) is 0.947. The van der Waals surface area contributed by atoms with E-state index in [1.807, 2.05) is 0 Å². The van der Waals surface area contributed by atoms with Crippen molar-refractivity contribution in [3.8, 4) is 0 Å². The van der Waals surface area contributed by atoms with Crippen LogP contribution in [0.1, 0.15) is 0 Å². The number of pyridine rings is 1. The Labute approximate surface area is 76.2 Å². The summed E-state index contributed by atoms with van der Waals surface area (Å²) in [5, 5.41) is 0. The molecule has 0 aliphatic carbocycles. The van der Waals surface area contributed by atoms with E-state index >= 15 is 0 Å². The molecule has 0 aromatic carbocycles. The number of aromatic nitrogens is 2. The predicted molar refractivity (Wildman–Crippen MR) is 47.9 cm³/mol. The predicted octanol–water partition coefficient (Wildman–Crippen LogP) is 2.08. The van der Waals surface area contributed by atoms with Gasteiger partial charge in [-0.2, -0.15) is 0 Å². The Hall–Kier alpha value is -0.650. The minimum absolute atomic E-state index is 0.282. The minimum Gasteiger partial charge on any atom is -0.292 e. The Balaban J connectivity index is 2.94. The average Bonchev–Trinajstić information content (AvgIpc) is 2.35. The lowest BCUT2D eigenvalue weighted by molar-refractivity contribution is 0.629. The summed E-state index contributed by atoms with van der Waals surface area (Å²) < 4.78 is 15.5. The molecule has 0 bridgehead atoms. The number of nitrogens with zero attached hydrogens (tertiary/aromatic N) is 2. The second kappa shape index (κ2) is 2.44. The van der Waals surface area contributed by atoms with Crippen LogP contribution in [0, 0.1) is 9.52 Å². The van der Waals surface area contributed by atoms with E-state index in [0.717, 1.165) is 3.70 Å². The molecule has 11 heavy (non-hydrogen) atoms. The van der Waals surface area contributed by atoms with Crippen molar-refractivity contribution in [3.63, 3.8) is 0 Å².